The molecule has 1 unspecified atom stereocenters. The molecule has 9 heavy (non-hydrogen) atoms. The maximum absolute atomic E-state index is 10.7. The Bertz CT molecular complexity index is 122. The first-order valence-electron chi connectivity index (χ1n) is 3.46. The van der Waals surface area contributed by atoms with E-state index in [1.165, 1.54) is 0 Å². The molecule has 2 atom stereocenters. The van der Waals surface area contributed by atoms with E-state index in [0.29, 0.717) is 6.04 Å². The predicted octanol–water partition coefficient (Wildman–Crippen LogP) is 0.716. The van der Waals surface area contributed by atoms with E-state index in [0.717, 1.165) is 12.8 Å². The third-order valence-electron chi connectivity index (χ3n) is 1.86. The van der Waals surface area contributed by atoms with Crippen LogP contribution in [0.1, 0.15) is 26.7 Å². The van der Waals surface area contributed by atoms with Crippen LogP contribution in [0.2, 0.25) is 0 Å². The van der Waals surface area contributed by atoms with Gasteiger partial charge < -0.3 is 5.32 Å². The maximum atomic E-state index is 10.7. The lowest BCUT2D eigenvalue weighted by Crippen LogP contribution is -2.32. The summed E-state index contributed by atoms with van der Waals surface area (Å²) in [5, 5.41) is 3.20. The highest BCUT2D eigenvalue weighted by Crippen LogP contribution is 2.11. The van der Waals surface area contributed by atoms with Crippen molar-refractivity contribution in [1.29, 1.82) is 0 Å². The summed E-state index contributed by atoms with van der Waals surface area (Å²) < 4.78 is 0. The second kappa shape index (κ2) is 2.48. The van der Waals surface area contributed by atoms with Crippen molar-refractivity contribution in [2.75, 3.05) is 0 Å². The third kappa shape index (κ3) is 1.52. The summed E-state index contributed by atoms with van der Waals surface area (Å²) in [4.78, 5) is 10.7. The monoisotopic (exact) mass is 127 g/mol. The van der Waals surface area contributed by atoms with Gasteiger partial charge >= 0.3 is 0 Å². The van der Waals surface area contributed by atoms with Gasteiger partial charge in [-0.2, -0.15) is 0 Å². The van der Waals surface area contributed by atoms with Crippen LogP contribution in [0.4, 0.5) is 0 Å². The topological polar surface area (TPSA) is 29.1 Å². The van der Waals surface area contributed by atoms with Crippen molar-refractivity contribution in [3.8, 4) is 0 Å². The molecule has 0 amide bonds. The molecule has 0 saturated carbocycles. The lowest BCUT2D eigenvalue weighted by molar-refractivity contribution is -0.118. The SMILES string of the molecule is CC(=O)[C@@H]1CCC(C)N1. The molecule has 1 aliphatic rings. The minimum atomic E-state index is 0.153. The van der Waals surface area contributed by atoms with Crippen molar-refractivity contribution < 1.29 is 4.79 Å². The molecular formula is C7H13NO. The van der Waals surface area contributed by atoms with E-state index < -0.39 is 0 Å². The third-order valence-corrected chi connectivity index (χ3v) is 1.86. The molecule has 0 bridgehead atoms. The Balaban J connectivity index is 2.39. The van der Waals surface area contributed by atoms with Gasteiger partial charge in [-0.05, 0) is 26.7 Å². The minimum absolute atomic E-state index is 0.153. The van der Waals surface area contributed by atoms with Crippen LogP contribution < -0.4 is 5.32 Å². The van der Waals surface area contributed by atoms with Crippen molar-refractivity contribution in [3.63, 3.8) is 0 Å². The smallest absolute Gasteiger partial charge is 0.146 e. The largest absolute Gasteiger partial charge is 0.305 e. The Morgan fingerprint density at radius 3 is 2.44 bits per heavy atom. The average molecular weight is 127 g/mol. The number of rotatable bonds is 1. The molecule has 1 heterocycles. The average Bonchev–Trinajstić information content (AvgIpc) is 2.14. The first-order valence-corrected chi connectivity index (χ1v) is 3.46. The van der Waals surface area contributed by atoms with Crippen molar-refractivity contribution in [2.45, 2.75) is 38.8 Å². The zero-order valence-corrected chi connectivity index (χ0v) is 5.98. The van der Waals surface area contributed by atoms with E-state index in [1.807, 2.05) is 0 Å². The van der Waals surface area contributed by atoms with Gasteiger partial charge in [-0.1, -0.05) is 0 Å². The predicted molar refractivity (Wildman–Crippen MR) is 36.3 cm³/mol. The lowest BCUT2D eigenvalue weighted by Gasteiger charge is -2.05. The molecule has 0 radical (unpaired) electrons. The minimum Gasteiger partial charge on any atom is -0.305 e. The first-order chi connectivity index (χ1) is 4.20. The zero-order valence-electron chi connectivity index (χ0n) is 5.98. The fraction of sp³-hybridized carbons (Fsp3) is 0.857. The standard InChI is InChI=1S/C7H13NO/c1-5-3-4-7(8-5)6(2)9/h5,7-8H,3-4H2,1-2H3/t5?,7-/m0/s1. The number of hydrogen-bond donors (Lipinski definition) is 1. The van der Waals surface area contributed by atoms with Gasteiger partial charge in [0.05, 0.1) is 6.04 Å². The Kier molecular flexibility index (Phi) is 1.86. The van der Waals surface area contributed by atoms with Crippen molar-refractivity contribution in [3.05, 3.63) is 0 Å². The summed E-state index contributed by atoms with van der Waals surface area (Å²) in [6.45, 7) is 3.76. The van der Waals surface area contributed by atoms with Crippen LogP contribution in [0, 0.1) is 0 Å². The molecule has 0 spiro atoms. The zero-order chi connectivity index (χ0) is 6.85. The summed E-state index contributed by atoms with van der Waals surface area (Å²) in [6.07, 6.45) is 2.17. The van der Waals surface area contributed by atoms with Gasteiger partial charge in [0.15, 0.2) is 0 Å². The van der Waals surface area contributed by atoms with Crippen molar-refractivity contribution in [1.82, 2.24) is 5.32 Å². The molecule has 0 aromatic carbocycles. The molecule has 2 heteroatoms. The van der Waals surface area contributed by atoms with E-state index in [-0.39, 0.29) is 11.8 Å². The normalized spacial score (nSPS) is 34.9. The molecule has 1 N–H and O–H groups in total. The summed E-state index contributed by atoms with van der Waals surface area (Å²) in [5.74, 6) is 0.277. The van der Waals surface area contributed by atoms with Crippen LogP contribution in [-0.2, 0) is 4.79 Å². The summed E-state index contributed by atoms with van der Waals surface area (Å²) in [7, 11) is 0. The fourth-order valence-corrected chi connectivity index (χ4v) is 1.25. The number of carbonyl (C=O) groups excluding carboxylic acids is 1. The summed E-state index contributed by atoms with van der Waals surface area (Å²) in [5.41, 5.74) is 0. The van der Waals surface area contributed by atoms with Crippen LogP contribution in [0.3, 0.4) is 0 Å². The van der Waals surface area contributed by atoms with Crippen LogP contribution in [-0.4, -0.2) is 17.9 Å². The van der Waals surface area contributed by atoms with Crippen molar-refractivity contribution in [2.24, 2.45) is 0 Å². The molecule has 1 rings (SSSR count). The second-order valence-electron chi connectivity index (χ2n) is 2.81. The van der Waals surface area contributed by atoms with Gasteiger partial charge in [0.25, 0.3) is 0 Å². The number of hydrogen-bond acceptors (Lipinski definition) is 2. The van der Waals surface area contributed by atoms with E-state index in [1.54, 1.807) is 6.92 Å². The summed E-state index contributed by atoms with van der Waals surface area (Å²) in [6, 6.07) is 0.693. The second-order valence-corrected chi connectivity index (χ2v) is 2.81. The maximum Gasteiger partial charge on any atom is 0.146 e. The van der Waals surface area contributed by atoms with Gasteiger partial charge in [0.1, 0.15) is 5.78 Å². The number of Topliss-reactive ketones (excluding diaryl/α,β-unsaturated/α-hetero) is 1. The Morgan fingerprint density at radius 2 is 2.22 bits per heavy atom. The molecule has 1 aliphatic heterocycles. The van der Waals surface area contributed by atoms with Gasteiger partial charge in [-0.3, -0.25) is 4.79 Å². The Labute approximate surface area is 55.6 Å². The van der Waals surface area contributed by atoms with Gasteiger partial charge in [-0.25, -0.2) is 0 Å². The number of carbonyl (C=O) groups is 1. The van der Waals surface area contributed by atoms with E-state index >= 15 is 0 Å². The lowest BCUT2D eigenvalue weighted by atomic mass is 10.1. The molecule has 52 valence electrons. The number of ketones is 1. The molecule has 2 nitrogen and oxygen atoms in total. The van der Waals surface area contributed by atoms with Crippen molar-refractivity contribution >= 4 is 5.78 Å². The molecule has 0 aromatic heterocycles. The summed E-state index contributed by atoms with van der Waals surface area (Å²) >= 11 is 0. The van der Waals surface area contributed by atoms with Crippen LogP contribution in [0.25, 0.3) is 0 Å². The van der Waals surface area contributed by atoms with Gasteiger partial charge in [0.2, 0.25) is 0 Å². The van der Waals surface area contributed by atoms with Crippen LogP contribution in [0.5, 0.6) is 0 Å². The first kappa shape index (κ1) is 6.75. The van der Waals surface area contributed by atoms with E-state index in [2.05, 4.69) is 12.2 Å². The molecular weight excluding hydrogens is 114 g/mol. The highest BCUT2D eigenvalue weighted by molar-refractivity contribution is 5.81. The highest BCUT2D eigenvalue weighted by atomic mass is 16.1. The Hall–Kier alpha value is -0.370. The highest BCUT2D eigenvalue weighted by Gasteiger charge is 2.22. The molecule has 1 fully saturated rings. The van der Waals surface area contributed by atoms with Crippen LogP contribution in [0.15, 0.2) is 0 Å². The fourth-order valence-electron chi connectivity index (χ4n) is 1.25. The quantitative estimate of drug-likeness (QED) is 0.562. The van der Waals surface area contributed by atoms with E-state index in [4.69, 9.17) is 0 Å². The Morgan fingerprint density at radius 1 is 1.56 bits per heavy atom. The number of nitrogens with one attached hydrogen (secondary N) is 1. The van der Waals surface area contributed by atoms with E-state index in [9.17, 15) is 4.79 Å². The molecule has 1 saturated heterocycles. The van der Waals surface area contributed by atoms with Gasteiger partial charge in [-0.15, -0.1) is 0 Å². The molecule has 0 aromatic rings. The van der Waals surface area contributed by atoms with Crippen LogP contribution >= 0.6 is 0 Å². The molecule has 0 aliphatic carbocycles. The van der Waals surface area contributed by atoms with Gasteiger partial charge in [0, 0.05) is 6.04 Å².